The van der Waals surface area contributed by atoms with Crippen molar-refractivity contribution in [1.82, 2.24) is 4.90 Å². The van der Waals surface area contributed by atoms with Gasteiger partial charge >= 0.3 is 6.09 Å². The quantitative estimate of drug-likeness (QED) is 0.891. The monoisotopic (exact) mass is 247 g/mol. The molecule has 2 rings (SSSR count). The molecule has 1 aliphatic heterocycles. The minimum atomic E-state index is -0.992. The molecule has 18 heavy (non-hydrogen) atoms. The number of benzene rings is 1. The molecular weight excluding hydrogens is 230 g/mol. The van der Waals surface area contributed by atoms with Crippen LogP contribution in [0.5, 0.6) is 0 Å². The number of amides is 1. The van der Waals surface area contributed by atoms with Crippen LogP contribution in [0.4, 0.5) is 4.79 Å². The molecule has 0 aliphatic carbocycles. The molecule has 0 aromatic heterocycles. The molecule has 1 aliphatic rings. The lowest BCUT2D eigenvalue weighted by Crippen LogP contribution is -2.42. The summed E-state index contributed by atoms with van der Waals surface area (Å²) in [7, 11) is 0. The van der Waals surface area contributed by atoms with Crippen LogP contribution in [0, 0.1) is 0 Å². The van der Waals surface area contributed by atoms with E-state index in [0.717, 1.165) is 5.56 Å². The van der Waals surface area contributed by atoms with E-state index in [9.17, 15) is 14.7 Å². The van der Waals surface area contributed by atoms with Crippen LogP contribution < -0.4 is 0 Å². The molecule has 1 aromatic carbocycles. The third-order valence-electron chi connectivity index (χ3n) is 3.50. The maximum absolute atomic E-state index is 12.0. The molecule has 0 bridgehead atoms. The number of rotatable bonds is 3. The highest BCUT2D eigenvalue weighted by Crippen LogP contribution is 2.26. The fraction of sp³-hybridized carbons (Fsp3) is 0.429. The maximum Gasteiger partial charge on any atom is 0.408 e. The molecular formula is C14H17NO3. The number of likely N-dealkylation sites (tertiary alicyclic amines) is 1. The standard InChI is InChI=1S/C14H17NO3/c1-2-11-9-13(16)12(15(11)14(17)18)8-10-6-4-3-5-7-10/h3-7,11-12H,2,8-9H2,1H3,(H,17,18)/t11?,12-/m0/s1. The first kappa shape index (κ1) is 12.6. The van der Waals surface area contributed by atoms with Gasteiger partial charge in [-0.15, -0.1) is 0 Å². The Kier molecular flexibility index (Phi) is 3.65. The second-order valence-electron chi connectivity index (χ2n) is 4.63. The molecule has 0 radical (unpaired) electrons. The molecule has 96 valence electrons. The topological polar surface area (TPSA) is 57.6 Å². The summed E-state index contributed by atoms with van der Waals surface area (Å²) in [6, 6.07) is 8.87. The number of hydrogen-bond acceptors (Lipinski definition) is 2. The van der Waals surface area contributed by atoms with Crippen LogP contribution in [0.15, 0.2) is 30.3 Å². The van der Waals surface area contributed by atoms with E-state index in [1.807, 2.05) is 37.3 Å². The van der Waals surface area contributed by atoms with Crippen LogP contribution in [0.25, 0.3) is 0 Å². The summed E-state index contributed by atoms with van der Waals surface area (Å²) in [6.07, 6.45) is 0.514. The molecule has 1 aromatic rings. The lowest BCUT2D eigenvalue weighted by molar-refractivity contribution is -0.119. The number of ketones is 1. The third-order valence-corrected chi connectivity index (χ3v) is 3.50. The first-order chi connectivity index (χ1) is 8.63. The average Bonchev–Trinajstić information content (AvgIpc) is 2.67. The van der Waals surface area contributed by atoms with E-state index < -0.39 is 12.1 Å². The first-order valence-electron chi connectivity index (χ1n) is 6.21. The second-order valence-corrected chi connectivity index (χ2v) is 4.63. The zero-order valence-electron chi connectivity index (χ0n) is 10.4. The maximum atomic E-state index is 12.0. The lowest BCUT2D eigenvalue weighted by atomic mass is 10.0. The number of nitrogens with zero attached hydrogens (tertiary/aromatic N) is 1. The Bertz CT molecular complexity index is 444. The van der Waals surface area contributed by atoms with Gasteiger partial charge in [0, 0.05) is 18.9 Å². The van der Waals surface area contributed by atoms with Crippen molar-refractivity contribution < 1.29 is 14.7 Å². The third kappa shape index (κ3) is 2.37. The number of carbonyl (C=O) groups excluding carboxylic acids is 1. The van der Waals surface area contributed by atoms with Gasteiger partial charge in [0.2, 0.25) is 0 Å². The lowest BCUT2D eigenvalue weighted by Gasteiger charge is -2.25. The van der Waals surface area contributed by atoms with Crippen LogP contribution in [-0.2, 0) is 11.2 Å². The molecule has 0 saturated carbocycles. The summed E-state index contributed by atoms with van der Waals surface area (Å²) < 4.78 is 0. The van der Waals surface area contributed by atoms with Crippen molar-refractivity contribution in [3.05, 3.63) is 35.9 Å². The summed E-state index contributed by atoms with van der Waals surface area (Å²) in [5, 5.41) is 9.25. The molecule has 1 saturated heterocycles. The second kappa shape index (κ2) is 5.21. The highest BCUT2D eigenvalue weighted by atomic mass is 16.4. The summed E-state index contributed by atoms with van der Waals surface area (Å²) in [5.41, 5.74) is 0.999. The highest BCUT2D eigenvalue weighted by Gasteiger charge is 2.41. The number of hydrogen-bond donors (Lipinski definition) is 1. The Morgan fingerprint density at radius 1 is 1.39 bits per heavy atom. The van der Waals surface area contributed by atoms with Gasteiger partial charge in [0.1, 0.15) is 0 Å². The predicted molar refractivity (Wildman–Crippen MR) is 67.5 cm³/mol. The van der Waals surface area contributed by atoms with Gasteiger partial charge in [0.05, 0.1) is 6.04 Å². The van der Waals surface area contributed by atoms with E-state index in [0.29, 0.717) is 19.3 Å². The van der Waals surface area contributed by atoms with Gasteiger partial charge in [-0.05, 0) is 12.0 Å². The summed E-state index contributed by atoms with van der Waals surface area (Å²) in [6.45, 7) is 1.92. The molecule has 1 fully saturated rings. The van der Waals surface area contributed by atoms with E-state index in [1.54, 1.807) is 0 Å². The number of carbonyl (C=O) groups is 2. The smallest absolute Gasteiger partial charge is 0.408 e. The zero-order valence-corrected chi connectivity index (χ0v) is 10.4. The Morgan fingerprint density at radius 2 is 2.06 bits per heavy atom. The van der Waals surface area contributed by atoms with E-state index >= 15 is 0 Å². The minimum Gasteiger partial charge on any atom is -0.465 e. The van der Waals surface area contributed by atoms with Gasteiger partial charge in [0.15, 0.2) is 5.78 Å². The van der Waals surface area contributed by atoms with Crippen molar-refractivity contribution in [2.75, 3.05) is 0 Å². The predicted octanol–water partition coefficient (Wildman–Crippen LogP) is 2.33. The van der Waals surface area contributed by atoms with E-state index in [1.165, 1.54) is 4.90 Å². The minimum absolute atomic E-state index is 0.0353. The molecule has 1 N–H and O–H groups in total. The summed E-state index contributed by atoms with van der Waals surface area (Å²) >= 11 is 0. The molecule has 2 atom stereocenters. The Hall–Kier alpha value is -1.84. The van der Waals surface area contributed by atoms with Gasteiger partial charge in [0.25, 0.3) is 0 Å². The summed E-state index contributed by atoms with van der Waals surface area (Å²) in [5.74, 6) is 0.0353. The van der Waals surface area contributed by atoms with Gasteiger partial charge in [-0.2, -0.15) is 0 Å². The van der Waals surface area contributed by atoms with Crippen LogP contribution in [0.3, 0.4) is 0 Å². The van der Waals surface area contributed by atoms with Crippen molar-refractivity contribution in [1.29, 1.82) is 0 Å². The number of carboxylic acid groups (broad SMARTS) is 1. The molecule has 1 heterocycles. The normalized spacial score (nSPS) is 23.4. The van der Waals surface area contributed by atoms with Gasteiger partial charge < -0.3 is 5.11 Å². The van der Waals surface area contributed by atoms with Crippen molar-refractivity contribution >= 4 is 11.9 Å². The first-order valence-corrected chi connectivity index (χ1v) is 6.21. The van der Waals surface area contributed by atoms with Crippen LogP contribution in [0.2, 0.25) is 0 Å². The zero-order chi connectivity index (χ0) is 13.1. The fourth-order valence-electron chi connectivity index (χ4n) is 2.56. The highest BCUT2D eigenvalue weighted by molar-refractivity contribution is 5.91. The van der Waals surface area contributed by atoms with Crippen molar-refractivity contribution in [3.8, 4) is 0 Å². The largest absolute Gasteiger partial charge is 0.465 e. The Balaban J connectivity index is 2.19. The Morgan fingerprint density at radius 3 is 2.61 bits per heavy atom. The van der Waals surface area contributed by atoms with Gasteiger partial charge in [-0.25, -0.2) is 4.79 Å². The van der Waals surface area contributed by atoms with Crippen molar-refractivity contribution in [3.63, 3.8) is 0 Å². The molecule has 4 heteroatoms. The number of Topliss-reactive ketones (excluding diaryl/α,β-unsaturated/α-hetero) is 1. The average molecular weight is 247 g/mol. The van der Waals surface area contributed by atoms with Crippen LogP contribution >= 0.6 is 0 Å². The van der Waals surface area contributed by atoms with Crippen molar-refractivity contribution in [2.24, 2.45) is 0 Å². The SMILES string of the molecule is CCC1CC(=O)[C@H](Cc2ccccc2)N1C(=O)O. The summed E-state index contributed by atoms with van der Waals surface area (Å²) in [4.78, 5) is 24.6. The Labute approximate surface area is 106 Å². The molecule has 1 amide bonds. The van der Waals surface area contributed by atoms with Crippen LogP contribution in [0.1, 0.15) is 25.3 Å². The fourth-order valence-corrected chi connectivity index (χ4v) is 2.56. The molecule has 4 nitrogen and oxygen atoms in total. The van der Waals surface area contributed by atoms with Gasteiger partial charge in [-0.3, -0.25) is 9.69 Å². The van der Waals surface area contributed by atoms with Crippen molar-refractivity contribution in [2.45, 2.75) is 38.3 Å². The molecule has 0 spiro atoms. The molecule has 1 unspecified atom stereocenters. The van der Waals surface area contributed by atoms with E-state index in [-0.39, 0.29) is 11.8 Å². The van der Waals surface area contributed by atoms with Crippen LogP contribution in [-0.4, -0.2) is 34.0 Å². The van der Waals surface area contributed by atoms with Gasteiger partial charge in [-0.1, -0.05) is 37.3 Å². The van der Waals surface area contributed by atoms with E-state index in [4.69, 9.17) is 0 Å². The van der Waals surface area contributed by atoms with E-state index in [2.05, 4.69) is 0 Å².